The highest BCUT2D eigenvalue weighted by Gasteiger charge is 2.18. The number of ether oxygens (including phenoxy) is 1. The van der Waals surface area contributed by atoms with Gasteiger partial charge in [0, 0.05) is 0 Å². The predicted octanol–water partition coefficient (Wildman–Crippen LogP) is 2.49. The molecule has 0 fully saturated rings. The van der Waals surface area contributed by atoms with E-state index in [1.165, 1.54) is 0 Å². The van der Waals surface area contributed by atoms with E-state index in [2.05, 4.69) is 5.32 Å². The number of anilines is 1. The first kappa shape index (κ1) is 12.7. The number of hydrogen-bond acceptors (Lipinski definition) is 3. The number of amides is 1. The third-order valence-corrected chi connectivity index (χ3v) is 3.37. The Balaban J connectivity index is 2.03. The predicted molar refractivity (Wildman–Crippen MR) is 76.7 cm³/mol. The van der Waals surface area contributed by atoms with E-state index in [0.29, 0.717) is 5.69 Å². The molecule has 102 valence electrons. The first-order valence-corrected chi connectivity index (χ1v) is 6.45. The second kappa shape index (κ2) is 4.98. The maximum absolute atomic E-state index is 11.4. The van der Waals surface area contributed by atoms with Gasteiger partial charge in [0.1, 0.15) is 5.75 Å². The van der Waals surface area contributed by atoms with Crippen LogP contribution in [0.2, 0.25) is 0 Å². The average Bonchev–Trinajstić information content (AvgIpc) is 2.46. The van der Waals surface area contributed by atoms with Crippen molar-refractivity contribution in [1.29, 1.82) is 0 Å². The van der Waals surface area contributed by atoms with Gasteiger partial charge >= 0.3 is 0 Å². The van der Waals surface area contributed by atoms with Crippen LogP contribution >= 0.6 is 0 Å². The fourth-order valence-electron chi connectivity index (χ4n) is 2.35. The van der Waals surface area contributed by atoms with Gasteiger partial charge in [-0.25, -0.2) is 0 Å². The van der Waals surface area contributed by atoms with Crippen LogP contribution in [0, 0.1) is 6.92 Å². The van der Waals surface area contributed by atoms with E-state index in [1.54, 1.807) is 0 Å². The SMILES string of the molecule is Cc1cc(-c2ccc(CO)cc2)cc2c1OCC(=O)N2. The highest BCUT2D eigenvalue weighted by atomic mass is 16.5. The lowest BCUT2D eigenvalue weighted by molar-refractivity contribution is -0.118. The molecule has 2 aromatic carbocycles. The van der Waals surface area contributed by atoms with Crippen LogP contribution in [0.3, 0.4) is 0 Å². The quantitative estimate of drug-likeness (QED) is 0.880. The number of carbonyl (C=O) groups is 1. The molecule has 1 amide bonds. The average molecular weight is 269 g/mol. The van der Waals surface area contributed by atoms with Crippen molar-refractivity contribution in [2.24, 2.45) is 0 Å². The van der Waals surface area contributed by atoms with Gasteiger partial charge in [0.2, 0.25) is 0 Å². The minimum Gasteiger partial charge on any atom is -0.481 e. The Morgan fingerprint density at radius 3 is 2.65 bits per heavy atom. The van der Waals surface area contributed by atoms with Crippen molar-refractivity contribution in [3.63, 3.8) is 0 Å². The number of fused-ring (bicyclic) bond motifs is 1. The van der Waals surface area contributed by atoms with Gasteiger partial charge < -0.3 is 15.2 Å². The highest BCUT2D eigenvalue weighted by Crippen LogP contribution is 2.36. The van der Waals surface area contributed by atoms with Crippen LogP contribution in [0.25, 0.3) is 11.1 Å². The van der Waals surface area contributed by atoms with Gasteiger partial charge in [0.25, 0.3) is 5.91 Å². The zero-order valence-corrected chi connectivity index (χ0v) is 11.1. The minimum absolute atomic E-state index is 0.0351. The van der Waals surface area contributed by atoms with Crippen molar-refractivity contribution in [2.75, 3.05) is 11.9 Å². The number of aryl methyl sites for hydroxylation is 1. The van der Waals surface area contributed by atoms with E-state index in [4.69, 9.17) is 9.84 Å². The molecule has 1 aliphatic heterocycles. The van der Waals surface area contributed by atoms with Crippen LogP contribution in [0.1, 0.15) is 11.1 Å². The van der Waals surface area contributed by atoms with Crippen molar-refractivity contribution in [3.8, 4) is 16.9 Å². The van der Waals surface area contributed by atoms with E-state index < -0.39 is 0 Å². The van der Waals surface area contributed by atoms with Gasteiger partial charge in [0.05, 0.1) is 12.3 Å². The zero-order valence-electron chi connectivity index (χ0n) is 11.1. The summed E-state index contributed by atoms with van der Waals surface area (Å²) in [4.78, 5) is 11.4. The van der Waals surface area contributed by atoms with Gasteiger partial charge in [0.15, 0.2) is 6.61 Å². The molecule has 3 rings (SSSR count). The second-order valence-corrected chi connectivity index (χ2v) is 4.86. The Bertz CT molecular complexity index is 662. The summed E-state index contributed by atoms with van der Waals surface area (Å²) in [7, 11) is 0. The van der Waals surface area contributed by atoms with E-state index in [1.807, 2.05) is 43.3 Å². The van der Waals surface area contributed by atoms with Crippen molar-refractivity contribution in [3.05, 3.63) is 47.5 Å². The van der Waals surface area contributed by atoms with Gasteiger partial charge in [-0.1, -0.05) is 24.3 Å². The molecule has 0 unspecified atom stereocenters. The number of aliphatic hydroxyl groups excluding tert-OH is 1. The minimum atomic E-state index is -0.135. The Morgan fingerprint density at radius 1 is 1.20 bits per heavy atom. The number of carbonyl (C=O) groups excluding carboxylic acids is 1. The molecule has 0 aliphatic carbocycles. The van der Waals surface area contributed by atoms with Crippen molar-refractivity contribution >= 4 is 11.6 Å². The fraction of sp³-hybridized carbons (Fsp3) is 0.188. The first-order valence-electron chi connectivity index (χ1n) is 6.45. The Hall–Kier alpha value is -2.33. The second-order valence-electron chi connectivity index (χ2n) is 4.86. The lowest BCUT2D eigenvalue weighted by atomic mass is 10.00. The molecule has 20 heavy (non-hydrogen) atoms. The van der Waals surface area contributed by atoms with Crippen molar-refractivity contribution in [1.82, 2.24) is 0 Å². The summed E-state index contributed by atoms with van der Waals surface area (Å²) in [6.07, 6.45) is 0. The molecule has 4 nitrogen and oxygen atoms in total. The van der Waals surface area contributed by atoms with Crippen LogP contribution in [-0.2, 0) is 11.4 Å². The summed E-state index contributed by atoms with van der Waals surface area (Å²) in [6, 6.07) is 11.6. The molecular formula is C16H15NO3. The first-order chi connectivity index (χ1) is 9.67. The van der Waals surface area contributed by atoms with Crippen LogP contribution < -0.4 is 10.1 Å². The monoisotopic (exact) mass is 269 g/mol. The Kier molecular flexibility index (Phi) is 3.16. The molecule has 0 radical (unpaired) electrons. The van der Waals surface area contributed by atoms with Crippen LogP contribution in [0.4, 0.5) is 5.69 Å². The van der Waals surface area contributed by atoms with Gasteiger partial charge in [-0.05, 0) is 41.3 Å². The third kappa shape index (κ3) is 2.26. The number of hydrogen-bond donors (Lipinski definition) is 2. The maximum Gasteiger partial charge on any atom is 0.262 e. The Morgan fingerprint density at radius 2 is 1.95 bits per heavy atom. The molecule has 2 aromatic rings. The number of aliphatic hydroxyl groups is 1. The van der Waals surface area contributed by atoms with Crippen LogP contribution in [0.15, 0.2) is 36.4 Å². The molecule has 1 heterocycles. The molecule has 0 bridgehead atoms. The van der Waals surface area contributed by atoms with Gasteiger partial charge in [-0.2, -0.15) is 0 Å². The summed E-state index contributed by atoms with van der Waals surface area (Å²) in [6.45, 7) is 2.06. The highest BCUT2D eigenvalue weighted by molar-refractivity contribution is 5.96. The topological polar surface area (TPSA) is 58.6 Å². The summed E-state index contributed by atoms with van der Waals surface area (Å²) < 4.78 is 5.45. The fourth-order valence-corrected chi connectivity index (χ4v) is 2.35. The Labute approximate surface area is 117 Å². The molecule has 0 saturated heterocycles. The third-order valence-electron chi connectivity index (χ3n) is 3.37. The lowest BCUT2D eigenvalue weighted by Crippen LogP contribution is -2.25. The number of rotatable bonds is 2. The number of benzene rings is 2. The maximum atomic E-state index is 11.4. The molecule has 4 heteroatoms. The van der Waals surface area contributed by atoms with Gasteiger partial charge in [-0.15, -0.1) is 0 Å². The molecular weight excluding hydrogens is 254 g/mol. The smallest absolute Gasteiger partial charge is 0.262 e. The van der Waals surface area contributed by atoms with Crippen LogP contribution in [0.5, 0.6) is 5.75 Å². The molecule has 2 N–H and O–H groups in total. The molecule has 1 aliphatic rings. The summed E-state index contributed by atoms with van der Waals surface area (Å²) in [5, 5.41) is 11.9. The van der Waals surface area contributed by atoms with Crippen LogP contribution in [-0.4, -0.2) is 17.6 Å². The van der Waals surface area contributed by atoms with E-state index >= 15 is 0 Å². The summed E-state index contributed by atoms with van der Waals surface area (Å²) >= 11 is 0. The van der Waals surface area contributed by atoms with Crippen molar-refractivity contribution < 1.29 is 14.6 Å². The summed E-state index contributed by atoms with van der Waals surface area (Å²) in [5.41, 5.74) is 4.62. The number of nitrogens with one attached hydrogen (secondary N) is 1. The van der Waals surface area contributed by atoms with E-state index in [-0.39, 0.29) is 19.1 Å². The van der Waals surface area contributed by atoms with Crippen molar-refractivity contribution in [2.45, 2.75) is 13.5 Å². The molecule has 0 atom stereocenters. The molecule has 0 spiro atoms. The lowest BCUT2D eigenvalue weighted by Gasteiger charge is -2.21. The van der Waals surface area contributed by atoms with E-state index in [0.717, 1.165) is 28.0 Å². The van der Waals surface area contributed by atoms with Gasteiger partial charge in [-0.3, -0.25) is 4.79 Å². The molecule has 0 saturated carbocycles. The summed E-state index contributed by atoms with van der Waals surface area (Å²) in [5.74, 6) is 0.602. The zero-order chi connectivity index (χ0) is 14.1. The molecule has 0 aromatic heterocycles. The largest absolute Gasteiger partial charge is 0.481 e. The standard InChI is InChI=1S/C16H15NO3/c1-10-6-13(12-4-2-11(8-18)3-5-12)7-14-16(10)20-9-15(19)17-14/h2-7,18H,8-9H2,1H3,(H,17,19). The normalized spacial score (nSPS) is 13.4. The van der Waals surface area contributed by atoms with E-state index in [9.17, 15) is 4.79 Å².